The highest BCUT2D eigenvalue weighted by molar-refractivity contribution is 7.98. The van der Waals surface area contributed by atoms with Gasteiger partial charge in [0.15, 0.2) is 0 Å². The molecule has 0 radical (unpaired) electrons. The van der Waals surface area contributed by atoms with E-state index < -0.39 is 0 Å². The molecule has 1 nitrogen and oxygen atoms in total. The Morgan fingerprint density at radius 3 is 2.82 bits per heavy atom. The predicted molar refractivity (Wildman–Crippen MR) is 75.6 cm³/mol. The minimum Gasteiger partial charge on any atom is -0.261 e. The third-order valence-electron chi connectivity index (χ3n) is 2.39. The minimum atomic E-state index is 0.813. The second-order valence-electron chi connectivity index (χ2n) is 3.75. The zero-order valence-electron chi connectivity index (χ0n) is 9.47. The van der Waals surface area contributed by atoms with Crippen molar-refractivity contribution in [2.45, 2.75) is 12.2 Å². The van der Waals surface area contributed by atoms with Crippen LogP contribution in [0.1, 0.15) is 11.3 Å². The molecule has 0 fully saturated rings. The Bertz CT molecular complexity index is 459. The molecule has 0 atom stereocenters. The second kappa shape index (κ2) is 6.67. The first-order valence-corrected chi connectivity index (χ1v) is 7.10. The van der Waals surface area contributed by atoms with Crippen LogP contribution in [0.25, 0.3) is 0 Å². The number of benzene rings is 1. The molecular formula is C14H14ClNS. The van der Waals surface area contributed by atoms with E-state index >= 15 is 0 Å². The molecule has 0 amide bonds. The maximum Gasteiger partial charge on any atom is 0.0411 e. The topological polar surface area (TPSA) is 12.9 Å². The predicted octanol–water partition coefficient (Wildman–Crippen LogP) is 4.21. The van der Waals surface area contributed by atoms with E-state index in [2.05, 4.69) is 17.1 Å². The van der Waals surface area contributed by atoms with Crippen molar-refractivity contribution in [3.63, 3.8) is 0 Å². The van der Waals surface area contributed by atoms with E-state index in [0.29, 0.717) is 0 Å². The molecule has 0 unspecified atom stereocenters. The highest BCUT2D eigenvalue weighted by Gasteiger charge is 1.96. The van der Waals surface area contributed by atoms with Crippen molar-refractivity contribution in [2.75, 3.05) is 5.75 Å². The van der Waals surface area contributed by atoms with E-state index in [1.165, 1.54) is 5.56 Å². The van der Waals surface area contributed by atoms with E-state index in [1.54, 1.807) is 0 Å². The van der Waals surface area contributed by atoms with Crippen LogP contribution in [-0.4, -0.2) is 10.7 Å². The summed E-state index contributed by atoms with van der Waals surface area (Å²) in [5.41, 5.74) is 2.44. The molecule has 2 rings (SSSR count). The van der Waals surface area contributed by atoms with E-state index in [1.807, 2.05) is 48.3 Å². The Morgan fingerprint density at radius 2 is 2.06 bits per heavy atom. The molecule has 0 aliphatic heterocycles. The average Bonchev–Trinajstić information content (AvgIpc) is 2.36. The first-order chi connectivity index (χ1) is 8.34. The molecule has 0 saturated carbocycles. The molecule has 0 spiro atoms. The maximum absolute atomic E-state index is 5.93. The number of aromatic nitrogens is 1. The SMILES string of the molecule is Clc1cccc(CSCCc2ccccn2)c1. The number of hydrogen-bond acceptors (Lipinski definition) is 2. The maximum atomic E-state index is 5.93. The Balaban J connectivity index is 1.73. The Morgan fingerprint density at radius 1 is 1.12 bits per heavy atom. The third kappa shape index (κ3) is 4.41. The van der Waals surface area contributed by atoms with Crippen molar-refractivity contribution in [1.29, 1.82) is 0 Å². The van der Waals surface area contributed by atoms with Crippen LogP contribution in [-0.2, 0) is 12.2 Å². The molecular weight excluding hydrogens is 250 g/mol. The molecule has 2 aromatic rings. The number of thioether (sulfide) groups is 1. The summed E-state index contributed by atoms with van der Waals surface area (Å²) >= 11 is 7.85. The van der Waals surface area contributed by atoms with Crippen LogP contribution in [0.3, 0.4) is 0 Å². The summed E-state index contributed by atoms with van der Waals surface area (Å²) in [4.78, 5) is 4.30. The molecule has 17 heavy (non-hydrogen) atoms. The number of rotatable bonds is 5. The van der Waals surface area contributed by atoms with E-state index in [0.717, 1.165) is 28.6 Å². The van der Waals surface area contributed by atoms with Gasteiger partial charge in [0.2, 0.25) is 0 Å². The minimum absolute atomic E-state index is 0.813. The highest BCUT2D eigenvalue weighted by Crippen LogP contribution is 2.17. The molecule has 0 aliphatic carbocycles. The van der Waals surface area contributed by atoms with Gasteiger partial charge in [0.05, 0.1) is 0 Å². The summed E-state index contributed by atoms with van der Waals surface area (Å²) in [5, 5.41) is 0.813. The lowest BCUT2D eigenvalue weighted by atomic mass is 10.2. The number of hydrogen-bond donors (Lipinski definition) is 0. The molecule has 0 aliphatic rings. The smallest absolute Gasteiger partial charge is 0.0411 e. The Kier molecular flexibility index (Phi) is 4.89. The van der Waals surface area contributed by atoms with Gasteiger partial charge in [0, 0.05) is 22.7 Å². The first kappa shape index (κ1) is 12.5. The largest absolute Gasteiger partial charge is 0.261 e. The summed E-state index contributed by atoms with van der Waals surface area (Å²) in [6, 6.07) is 14.1. The van der Waals surface area contributed by atoms with Gasteiger partial charge in [-0.05, 0) is 42.0 Å². The number of aryl methyl sites for hydroxylation is 1. The lowest BCUT2D eigenvalue weighted by Gasteiger charge is -2.02. The van der Waals surface area contributed by atoms with Gasteiger partial charge < -0.3 is 0 Å². The van der Waals surface area contributed by atoms with Crippen LogP contribution in [0.2, 0.25) is 5.02 Å². The lowest BCUT2D eigenvalue weighted by molar-refractivity contribution is 1.05. The zero-order chi connectivity index (χ0) is 11.9. The molecule has 1 aromatic carbocycles. The van der Waals surface area contributed by atoms with Gasteiger partial charge in [-0.3, -0.25) is 4.98 Å². The van der Waals surface area contributed by atoms with E-state index in [-0.39, 0.29) is 0 Å². The third-order valence-corrected chi connectivity index (χ3v) is 3.65. The summed E-state index contributed by atoms with van der Waals surface area (Å²) in [7, 11) is 0. The van der Waals surface area contributed by atoms with Crippen LogP contribution in [0.15, 0.2) is 48.7 Å². The fraction of sp³-hybridized carbons (Fsp3) is 0.214. The normalized spacial score (nSPS) is 10.4. The second-order valence-corrected chi connectivity index (χ2v) is 5.30. The van der Waals surface area contributed by atoms with Crippen LogP contribution in [0.4, 0.5) is 0 Å². The summed E-state index contributed by atoms with van der Waals surface area (Å²) in [5.74, 6) is 2.09. The van der Waals surface area contributed by atoms with Crippen molar-refractivity contribution in [3.05, 3.63) is 64.9 Å². The van der Waals surface area contributed by atoms with Crippen LogP contribution < -0.4 is 0 Å². The molecule has 1 aromatic heterocycles. The molecule has 0 bridgehead atoms. The molecule has 0 saturated heterocycles. The monoisotopic (exact) mass is 263 g/mol. The Labute approximate surface area is 111 Å². The van der Waals surface area contributed by atoms with Crippen LogP contribution in [0.5, 0.6) is 0 Å². The number of halogens is 1. The fourth-order valence-electron chi connectivity index (χ4n) is 1.54. The quantitative estimate of drug-likeness (QED) is 0.750. The van der Waals surface area contributed by atoms with Crippen molar-refractivity contribution in [2.24, 2.45) is 0 Å². The molecule has 3 heteroatoms. The van der Waals surface area contributed by atoms with Gasteiger partial charge in [-0.2, -0.15) is 11.8 Å². The van der Waals surface area contributed by atoms with Gasteiger partial charge >= 0.3 is 0 Å². The van der Waals surface area contributed by atoms with E-state index in [9.17, 15) is 0 Å². The van der Waals surface area contributed by atoms with Crippen molar-refractivity contribution >= 4 is 23.4 Å². The average molecular weight is 264 g/mol. The Hall–Kier alpha value is -0.990. The van der Waals surface area contributed by atoms with Gasteiger partial charge in [0.25, 0.3) is 0 Å². The number of pyridine rings is 1. The standard InChI is InChI=1S/C14H14ClNS/c15-13-5-3-4-12(10-13)11-17-9-7-14-6-1-2-8-16-14/h1-6,8,10H,7,9,11H2. The van der Waals surface area contributed by atoms with Crippen LogP contribution >= 0.6 is 23.4 Å². The van der Waals surface area contributed by atoms with Crippen molar-refractivity contribution < 1.29 is 0 Å². The number of nitrogens with zero attached hydrogens (tertiary/aromatic N) is 1. The zero-order valence-corrected chi connectivity index (χ0v) is 11.0. The van der Waals surface area contributed by atoms with Crippen LogP contribution in [0, 0.1) is 0 Å². The first-order valence-electron chi connectivity index (χ1n) is 5.57. The summed E-state index contributed by atoms with van der Waals surface area (Å²) < 4.78 is 0. The molecule has 0 N–H and O–H groups in total. The van der Waals surface area contributed by atoms with E-state index in [4.69, 9.17) is 11.6 Å². The van der Waals surface area contributed by atoms with Crippen molar-refractivity contribution in [3.8, 4) is 0 Å². The van der Waals surface area contributed by atoms with Crippen molar-refractivity contribution in [1.82, 2.24) is 4.98 Å². The van der Waals surface area contributed by atoms with Gasteiger partial charge in [-0.1, -0.05) is 29.8 Å². The van der Waals surface area contributed by atoms with Gasteiger partial charge in [-0.15, -0.1) is 0 Å². The molecule has 1 heterocycles. The summed E-state index contributed by atoms with van der Waals surface area (Å²) in [6.07, 6.45) is 2.86. The fourth-order valence-corrected chi connectivity index (χ4v) is 2.67. The molecule has 88 valence electrons. The van der Waals surface area contributed by atoms with Gasteiger partial charge in [-0.25, -0.2) is 0 Å². The van der Waals surface area contributed by atoms with Gasteiger partial charge in [0.1, 0.15) is 0 Å². The lowest BCUT2D eigenvalue weighted by Crippen LogP contribution is -1.92. The summed E-state index contributed by atoms with van der Waals surface area (Å²) in [6.45, 7) is 0. The highest BCUT2D eigenvalue weighted by atomic mass is 35.5.